The van der Waals surface area contributed by atoms with E-state index in [1.165, 1.54) is 32.1 Å². The Balaban J connectivity index is 2.02. The predicted molar refractivity (Wildman–Crippen MR) is 76.9 cm³/mol. The van der Waals surface area contributed by atoms with Gasteiger partial charge >= 0.3 is 0 Å². The number of pyridine rings is 1. The fourth-order valence-corrected chi connectivity index (χ4v) is 2.67. The standard InChI is InChI=1S/C15H25N3/c1-3-16-12-13-8-7-11-15(17-13)18(2)14-9-5-4-6-10-14/h7-8,11,14,16H,3-6,9-10,12H2,1-2H3. The maximum Gasteiger partial charge on any atom is 0.128 e. The zero-order valence-electron chi connectivity index (χ0n) is 11.7. The Morgan fingerprint density at radius 3 is 2.78 bits per heavy atom. The van der Waals surface area contributed by atoms with Crippen LogP contribution in [0.15, 0.2) is 18.2 Å². The molecule has 0 aliphatic heterocycles. The zero-order chi connectivity index (χ0) is 12.8. The lowest BCUT2D eigenvalue weighted by molar-refractivity contribution is 0.426. The van der Waals surface area contributed by atoms with Gasteiger partial charge in [-0.15, -0.1) is 0 Å². The molecule has 0 radical (unpaired) electrons. The first-order valence-corrected chi connectivity index (χ1v) is 7.20. The van der Waals surface area contributed by atoms with Crippen molar-refractivity contribution in [1.29, 1.82) is 0 Å². The molecule has 1 aromatic rings. The van der Waals surface area contributed by atoms with Crippen molar-refractivity contribution in [2.75, 3.05) is 18.5 Å². The van der Waals surface area contributed by atoms with Crippen molar-refractivity contribution in [1.82, 2.24) is 10.3 Å². The van der Waals surface area contributed by atoms with Gasteiger partial charge in [-0.25, -0.2) is 4.98 Å². The number of aromatic nitrogens is 1. The summed E-state index contributed by atoms with van der Waals surface area (Å²) in [5, 5.41) is 3.33. The van der Waals surface area contributed by atoms with Crippen LogP contribution in [-0.4, -0.2) is 24.6 Å². The van der Waals surface area contributed by atoms with Crippen LogP contribution in [-0.2, 0) is 6.54 Å². The molecule has 100 valence electrons. The van der Waals surface area contributed by atoms with Gasteiger partial charge in [0.05, 0.1) is 5.69 Å². The molecule has 1 aromatic heterocycles. The van der Waals surface area contributed by atoms with Crippen LogP contribution >= 0.6 is 0 Å². The van der Waals surface area contributed by atoms with Crippen LogP contribution in [0.5, 0.6) is 0 Å². The summed E-state index contributed by atoms with van der Waals surface area (Å²) in [5.41, 5.74) is 1.14. The lowest BCUT2D eigenvalue weighted by atomic mass is 9.94. The molecule has 1 aliphatic carbocycles. The van der Waals surface area contributed by atoms with Gasteiger partial charge in [0.1, 0.15) is 5.82 Å². The largest absolute Gasteiger partial charge is 0.357 e. The van der Waals surface area contributed by atoms with Crippen LogP contribution in [0.1, 0.15) is 44.7 Å². The second-order valence-corrected chi connectivity index (χ2v) is 5.17. The molecular formula is C15H25N3. The van der Waals surface area contributed by atoms with Crippen molar-refractivity contribution in [3.05, 3.63) is 23.9 Å². The van der Waals surface area contributed by atoms with E-state index >= 15 is 0 Å². The van der Waals surface area contributed by atoms with Gasteiger partial charge < -0.3 is 10.2 Å². The van der Waals surface area contributed by atoms with E-state index in [0.717, 1.165) is 24.6 Å². The van der Waals surface area contributed by atoms with Gasteiger partial charge in [-0.05, 0) is 31.5 Å². The van der Waals surface area contributed by atoms with E-state index in [4.69, 9.17) is 4.98 Å². The Morgan fingerprint density at radius 1 is 1.28 bits per heavy atom. The Labute approximate surface area is 111 Å². The second-order valence-electron chi connectivity index (χ2n) is 5.17. The van der Waals surface area contributed by atoms with Crippen molar-refractivity contribution in [3.63, 3.8) is 0 Å². The smallest absolute Gasteiger partial charge is 0.128 e. The molecule has 1 aliphatic rings. The van der Waals surface area contributed by atoms with Crippen LogP contribution in [0.25, 0.3) is 0 Å². The normalized spacial score (nSPS) is 16.8. The summed E-state index contributed by atoms with van der Waals surface area (Å²) in [6.45, 7) is 3.98. The second kappa shape index (κ2) is 6.74. The number of anilines is 1. The first kappa shape index (κ1) is 13.3. The third-order valence-electron chi connectivity index (χ3n) is 3.83. The van der Waals surface area contributed by atoms with E-state index in [1.54, 1.807) is 0 Å². The monoisotopic (exact) mass is 247 g/mol. The Kier molecular flexibility index (Phi) is 5.00. The quantitative estimate of drug-likeness (QED) is 0.867. The molecule has 0 amide bonds. The molecule has 0 aromatic carbocycles. The molecule has 1 N–H and O–H groups in total. The van der Waals surface area contributed by atoms with E-state index < -0.39 is 0 Å². The number of nitrogens with one attached hydrogen (secondary N) is 1. The summed E-state index contributed by atoms with van der Waals surface area (Å²) in [5.74, 6) is 1.12. The summed E-state index contributed by atoms with van der Waals surface area (Å²) in [4.78, 5) is 7.12. The van der Waals surface area contributed by atoms with Crippen molar-refractivity contribution in [3.8, 4) is 0 Å². The van der Waals surface area contributed by atoms with Gasteiger partial charge in [0.25, 0.3) is 0 Å². The minimum Gasteiger partial charge on any atom is -0.357 e. The molecule has 18 heavy (non-hydrogen) atoms. The predicted octanol–water partition coefficient (Wildman–Crippen LogP) is 2.96. The lowest BCUT2D eigenvalue weighted by Crippen LogP contribution is -2.34. The van der Waals surface area contributed by atoms with Crippen LogP contribution in [0.4, 0.5) is 5.82 Å². The van der Waals surface area contributed by atoms with Crippen molar-refractivity contribution < 1.29 is 0 Å². The maximum absolute atomic E-state index is 4.75. The number of hydrogen-bond donors (Lipinski definition) is 1. The summed E-state index contributed by atoms with van der Waals surface area (Å²) in [7, 11) is 2.19. The van der Waals surface area contributed by atoms with Gasteiger partial charge in [0.15, 0.2) is 0 Å². The van der Waals surface area contributed by atoms with Crippen molar-refractivity contribution in [2.24, 2.45) is 0 Å². The summed E-state index contributed by atoms with van der Waals surface area (Å²) in [6, 6.07) is 7.03. The average molecular weight is 247 g/mol. The molecule has 0 spiro atoms. The van der Waals surface area contributed by atoms with E-state index in [9.17, 15) is 0 Å². The van der Waals surface area contributed by atoms with Gasteiger partial charge in [-0.3, -0.25) is 0 Å². The molecule has 0 atom stereocenters. The molecule has 3 nitrogen and oxygen atoms in total. The average Bonchev–Trinajstić information content (AvgIpc) is 2.45. The molecule has 2 rings (SSSR count). The summed E-state index contributed by atoms with van der Waals surface area (Å²) >= 11 is 0. The molecule has 0 bridgehead atoms. The first-order valence-electron chi connectivity index (χ1n) is 7.20. The van der Waals surface area contributed by atoms with Crippen LogP contribution in [0.2, 0.25) is 0 Å². The highest BCUT2D eigenvalue weighted by Crippen LogP contribution is 2.24. The highest BCUT2D eigenvalue weighted by atomic mass is 15.2. The molecule has 0 unspecified atom stereocenters. The first-order chi connectivity index (χ1) is 8.81. The molecule has 1 fully saturated rings. The Morgan fingerprint density at radius 2 is 2.06 bits per heavy atom. The van der Waals surface area contributed by atoms with Gasteiger partial charge in [0.2, 0.25) is 0 Å². The van der Waals surface area contributed by atoms with Crippen LogP contribution < -0.4 is 10.2 Å². The number of rotatable bonds is 5. The minimum absolute atomic E-state index is 0.681. The van der Waals surface area contributed by atoms with Crippen LogP contribution in [0.3, 0.4) is 0 Å². The lowest BCUT2D eigenvalue weighted by Gasteiger charge is -2.32. The molecule has 1 heterocycles. The zero-order valence-corrected chi connectivity index (χ0v) is 11.7. The molecule has 3 heteroatoms. The third-order valence-corrected chi connectivity index (χ3v) is 3.83. The van der Waals surface area contributed by atoms with E-state index in [-0.39, 0.29) is 0 Å². The van der Waals surface area contributed by atoms with E-state index in [0.29, 0.717) is 6.04 Å². The Bertz CT molecular complexity index is 359. The topological polar surface area (TPSA) is 28.2 Å². The van der Waals surface area contributed by atoms with Crippen molar-refractivity contribution >= 4 is 5.82 Å². The number of nitrogens with zero attached hydrogens (tertiary/aromatic N) is 2. The van der Waals surface area contributed by atoms with Gasteiger partial charge in [-0.1, -0.05) is 32.3 Å². The van der Waals surface area contributed by atoms with Gasteiger partial charge in [-0.2, -0.15) is 0 Å². The highest BCUT2D eigenvalue weighted by molar-refractivity contribution is 5.39. The van der Waals surface area contributed by atoms with E-state index in [2.05, 4.69) is 42.4 Å². The molecule has 1 saturated carbocycles. The number of hydrogen-bond acceptors (Lipinski definition) is 3. The Hall–Kier alpha value is -1.09. The maximum atomic E-state index is 4.75. The minimum atomic E-state index is 0.681. The fourth-order valence-electron chi connectivity index (χ4n) is 2.67. The summed E-state index contributed by atoms with van der Waals surface area (Å²) < 4.78 is 0. The van der Waals surface area contributed by atoms with Crippen LogP contribution in [0, 0.1) is 0 Å². The molecular weight excluding hydrogens is 222 g/mol. The fraction of sp³-hybridized carbons (Fsp3) is 0.667. The molecule has 0 saturated heterocycles. The SMILES string of the molecule is CCNCc1cccc(N(C)C2CCCCC2)n1. The van der Waals surface area contributed by atoms with Gasteiger partial charge in [0, 0.05) is 19.6 Å². The van der Waals surface area contributed by atoms with Crippen molar-refractivity contribution in [2.45, 2.75) is 51.6 Å². The van der Waals surface area contributed by atoms with E-state index in [1.807, 2.05) is 0 Å². The highest BCUT2D eigenvalue weighted by Gasteiger charge is 2.19. The third kappa shape index (κ3) is 3.45. The summed E-state index contributed by atoms with van der Waals surface area (Å²) in [6.07, 6.45) is 6.77.